The summed E-state index contributed by atoms with van der Waals surface area (Å²) < 4.78 is 0. The highest BCUT2D eigenvalue weighted by molar-refractivity contribution is 5.82. The topological polar surface area (TPSA) is 57.6 Å². The van der Waals surface area contributed by atoms with Crippen molar-refractivity contribution in [1.82, 2.24) is 4.90 Å². The van der Waals surface area contributed by atoms with Crippen molar-refractivity contribution in [3.8, 4) is 0 Å². The van der Waals surface area contributed by atoms with Crippen molar-refractivity contribution >= 4 is 11.9 Å². The molecule has 1 fully saturated rings. The minimum atomic E-state index is -0.814. The van der Waals surface area contributed by atoms with Crippen LogP contribution in [0.3, 0.4) is 0 Å². The molecule has 1 atom stereocenters. The molecule has 1 saturated carbocycles. The first-order valence-corrected chi connectivity index (χ1v) is 7.24. The zero-order valence-electron chi connectivity index (χ0n) is 12.6. The number of aliphatic carboxylic acids is 1. The lowest BCUT2D eigenvalue weighted by Gasteiger charge is -2.45. The average Bonchev–Trinajstić information content (AvgIpc) is 2.35. The second-order valence-corrected chi connectivity index (χ2v) is 6.33. The van der Waals surface area contributed by atoms with E-state index in [1.54, 1.807) is 14.1 Å². The summed E-state index contributed by atoms with van der Waals surface area (Å²) in [5.74, 6) is -1.16. The fourth-order valence-electron chi connectivity index (χ4n) is 3.43. The van der Waals surface area contributed by atoms with Crippen molar-refractivity contribution in [2.45, 2.75) is 52.4 Å². The van der Waals surface area contributed by atoms with E-state index >= 15 is 0 Å². The number of carboxylic acid groups (broad SMARTS) is 1. The molecule has 1 aliphatic carbocycles. The number of carbonyl (C=O) groups is 2. The lowest BCUT2D eigenvalue weighted by atomic mass is 9.59. The van der Waals surface area contributed by atoms with E-state index in [4.69, 9.17) is 0 Å². The summed E-state index contributed by atoms with van der Waals surface area (Å²) in [5.41, 5.74) is -0.213. The molecule has 4 nitrogen and oxygen atoms in total. The molecule has 4 heteroatoms. The zero-order valence-corrected chi connectivity index (χ0v) is 12.6. The number of carbonyl (C=O) groups excluding carboxylic acids is 1. The fourth-order valence-corrected chi connectivity index (χ4v) is 3.43. The van der Waals surface area contributed by atoms with Gasteiger partial charge in [0.1, 0.15) is 0 Å². The van der Waals surface area contributed by atoms with Gasteiger partial charge in [-0.2, -0.15) is 0 Å². The Hall–Kier alpha value is -1.06. The first-order chi connectivity index (χ1) is 8.81. The maximum atomic E-state index is 11.9. The Balaban J connectivity index is 2.99. The van der Waals surface area contributed by atoms with E-state index in [9.17, 15) is 14.7 Å². The lowest BCUT2D eigenvalue weighted by molar-refractivity contribution is -0.154. The van der Waals surface area contributed by atoms with E-state index in [0.29, 0.717) is 5.92 Å². The van der Waals surface area contributed by atoms with Gasteiger partial charge < -0.3 is 10.0 Å². The first kappa shape index (κ1) is 16.0. The molecule has 0 bridgehead atoms. The minimum Gasteiger partial charge on any atom is -0.481 e. The molecule has 0 radical (unpaired) electrons. The zero-order chi connectivity index (χ0) is 14.6. The maximum Gasteiger partial charge on any atom is 0.307 e. The van der Waals surface area contributed by atoms with Crippen LogP contribution in [-0.4, -0.2) is 36.0 Å². The predicted molar refractivity (Wildman–Crippen MR) is 74.8 cm³/mol. The molecule has 19 heavy (non-hydrogen) atoms. The summed E-state index contributed by atoms with van der Waals surface area (Å²) in [6.45, 7) is 4.20. The van der Waals surface area contributed by atoms with Gasteiger partial charge in [-0.05, 0) is 24.2 Å². The summed E-state index contributed by atoms with van der Waals surface area (Å²) in [7, 11) is 3.37. The van der Waals surface area contributed by atoms with Gasteiger partial charge in [0.25, 0.3) is 0 Å². The van der Waals surface area contributed by atoms with Crippen molar-refractivity contribution in [1.29, 1.82) is 0 Å². The number of hydrogen-bond acceptors (Lipinski definition) is 2. The van der Waals surface area contributed by atoms with Crippen LogP contribution in [0.25, 0.3) is 0 Å². The fraction of sp³-hybridized carbons (Fsp3) is 0.867. The largest absolute Gasteiger partial charge is 0.481 e. The van der Waals surface area contributed by atoms with Gasteiger partial charge in [0, 0.05) is 20.5 Å². The van der Waals surface area contributed by atoms with E-state index in [0.717, 1.165) is 25.7 Å². The molecule has 0 saturated heterocycles. The molecule has 1 N–H and O–H groups in total. The molecule has 0 spiro atoms. The minimum absolute atomic E-state index is 0.0852. The first-order valence-electron chi connectivity index (χ1n) is 7.24. The SMILES string of the molecule is CC(C)C1(C(CC(=O)N(C)C)C(=O)O)CCCCC1. The third-order valence-electron chi connectivity index (χ3n) is 4.80. The molecule has 1 rings (SSSR count). The van der Waals surface area contributed by atoms with Gasteiger partial charge in [0.05, 0.1) is 5.92 Å². The van der Waals surface area contributed by atoms with Crippen LogP contribution in [0.15, 0.2) is 0 Å². The van der Waals surface area contributed by atoms with E-state index in [2.05, 4.69) is 13.8 Å². The maximum absolute atomic E-state index is 11.9. The van der Waals surface area contributed by atoms with Gasteiger partial charge in [-0.15, -0.1) is 0 Å². The predicted octanol–water partition coefficient (Wildman–Crippen LogP) is 2.77. The van der Waals surface area contributed by atoms with Crippen molar-refractivity contribution in [3.05, 3.63) is 0 Å². The highest BCUT2D eigenvalue weighted by Gasteiger charge is 2.46. The van der Waals surface area contributed by atoms with E-state index in [1.165, 1.54) is 11.3 Å². The van der Waals surface area contributed by atoms with Crippen LogP contribution in [-0.2, 0) is 9.59 Å². The third kappa shape index (κ3) is 3.48. The van der Waals surface area contributed by atoms with Gasteiger partial charge in [-0.1, -0.05) is 33.1 Å². The quantitative estimate of drug-likeness (QED) is 0.835. The summed E-state index contributed by atoms with van der Waals surface area (Å²) in [4.78, 5) is 25.1. The Morgan fingerprint density at radius 1 is 1.16 bits per heavy atom. The van der Waals surface area contributed by atoms with Crippen LogP contribution in [0.1, 0.15) is 52.4 Å². The van der Waals surface area contributed by atoms with Crippen LogP contribution < -0.4 is 0 Å². The molecule has 0 heterocycles. The molecule has 1 aliphatic rings. The van der Waals surface area contributed by atoms with E-state index in [1.807, 2.05) is 0 Å². The second kappa shape index (κ2) is 6.40. The summed E-state index contributed by atoms with van der Waals surface area (Å²) in [6.07, 6.45) is 5.34. The standard InChI is InChI=1S/C15H27NO3/c1-11(2)15(8-6-5-7-9-15)12(14(18)19)10-13(17)16(3)4/h11-12H,5-10H2,1-4H3,(H,18,19). The van der Waals surface area contributed by atoms with Gasteiger partial charge in [0.15, 0.2) is 0 Å². The van der Waals surface area contributed by atoms with E-state index < -0.39 is 11.9 Å². The third-order valence-corrected chi connectivity index (χ3v) is 4.80. The Labute approximate surface area is 116 Å². The van der Waals surface area contributed by atoms with Gasteiger partial charge in [0.2, 0.25) is 5.91 Å². The van der Waals surface area contributed by atoms with Crippen molar-refractivity contribution in [2.24, 2.45) is 17.3 Å². The molecule has 0 aromatic heterocycles. The van der Waals surface area contributed by atoms with Crippen molar-refractivity contribution in [3.63, 3.8) is 0 Å². The van der Waals surface area contributed by atoms with Gasteiger partial charge >= 0.3 is 5.97 Å². The molecule has 0 aromatic rings. The summed E-state index contributed by atoms with van der Waals surface area (Å²) in [5, 5.41) is 9.60. The van der Waals surface area contributed by atoms with Crippen LogP contribution in [0.5, 0.6) is 0 Å². The number of nitrogens with zero attached hydrogens (tertiary/aromatic N) is 1. The monoisotopic (exact) mass is 269 g/mol. The second-order valence-electron chi connectivity index (χ2n) is 6.33. The molecule has 1 unspecified atom stereocenters. The molecule has 0 aromatic carbocycles. The van der Waals surface area contributed by atoms with Gasteiger partial charge in [-0.3, -0.25) is 9.59 Å². The number of carboxylic acids is 1. The normalized spacial score (nSPS) is 20.1. The molecular weight excluding hydrogens is 242 g/mol. The van der Waals surface area contributed by atoms with Crippen molar-refractivity contribution in [2.75, 3.05) is 14.1 Å². The lowest BCUT2D eigenvalue weighted by Crippen LogP contribution is -2.44. The summed E-state index contributed by atoms with van der Waals surface area (Å²) in [6, 6.07) is 0. The molecular formula is C15H27NO3. The van der Waals surface area contributed by atoms with Crippen LogP contribution in [0.4, 0.5) is 0 Å². The highest BCUT2D eigenvalue weighted by atomic mass is 16.4. The molecule has 0 aliphatic heterocycles. The van der Waals surface area contributed by atoms with Crippen LogP contribution >= 0.6 is 0 Å². The Bertz CT molecular complexity index is 330. The van der Waals surface area contributed by atoms with E-state index in [-0.39, 0.29) is 17.7 Å². The van der Waals surface area contributed by atoms with Crippen LogP contribution in [0, 0.1) is 17.3 Å². The highest BCUT2D eigenvalue weighted by Crippen LogP contribution is 2.49. The molecule has 1 amide bonds. The Kier molecular flexibility index (Phi) is 5.39. The number of rotatable bonds is 5. The average molecular weight is 269 g/mol. The number of hydrogen-bond donors (Lipinski definition) is 1. The Morgan fingerprint density at radius 3 is 2.05 bits per heavy atom. The van der Waals surface area contributed by atoms with Crippen molar-refractivity contribution < 1.29 is 14.7 Å². The smallest absolute Gasteiger partial charge is 0.307 e. The van der Waals surface area contributed by atoms with Gasteiger partial charge in [-0.25, -0.2) is 0 Å². The molecule has 110 valence electrons. The van der Waals surface area contributed by atoms with Crippen LogP contribution in [0.2, 0.25) is 0 Å². The Morgan fingerprint density at radius 2 is 1.68 bits per heavy atom. The summed E-state index contributed by atoms with van der Waals surface area (Å²) >= 11 is 0. The number of amides is 1.